The van der Waals surface area contributed by atoms with E-state index in [1.807, 2.05) is 18.4 Å². The zero-order valence-electron chi connectivity index (χ0n) is 21.0. The lowest BCUT2D eigenvalue weighted by Crippen LogP contribution is -2.46. The van der Waals surface area contributed by atoms with Crippen molar-refractivity contribution < 1.29 is 14.0 Å². The van der Waals surface area contributed by atoms with Crippen LogP contribution in [0.5, 0.6) is 0 Å². The number of amides is 3. The lowest BCUT2D eigenvalue weighted by molar-refractivity contribution is -0.133. The third kappa shape index (κ3) is 8.02. The molecule has 3 amide bonds. The molecule has 0 aliphatic carbocycles. The highest BCUT2D eigenvalue weighted by Crippen LogP contribution is 2.20. The average molecular weight is 543 g/mol. The second kappa shape index (κ2) is 13.0. The Hall–Kier alpha value is -2.94. The number of thiophene rings is 1. The van der Waals surface area contributed by atoms with E-state index in [0.29, 0.717) is 36.9 Å². The molecule has 1 N–H and O–H groups in total. The molecule has 0 unspecified atom stereocenters. The predicted molar refractivity (Wildman–Crippen MR) is 147 cm³/mol. The molecule has 0 atom stereocenters. The fourth-order valence-electron chi connectivity index (χ4n) is 4.30. The lowest BCUT2D eigenvalue weighted by atomic mass is 10.2. The van der Waals surface area contributed by atoms with Gasteiger partial charge in [-0.05, 0) is 91.8 Å². The van der Waals surface area contributed by atoms with Gasteiger partial charge in [-0.25, -0.2) is 9.18 Å². The first kappa shape index (κ1) is 27.1. The number of anilines is 1. The Labute approximate surface area is 226 Å². The molecule has 0 saturated carbocycles. The number of hydrogen-bond acceptors (Lipinski definition) is 4. The van der Waals surface area contributed by atoms with Crippen LogP contribution in [-0.2, 0) is 17.9 Å². The van der Waals surface area contributed by atoms with E-state index in [1.165, 1.54) is 12.1 Å². The number of rotatable bonds is 10. The molecule has 2 aromatic carbocycles. The zero-order valence-corrected chi connectivity index (χ0v) is 22.5. The van der Waals surface area contributed by atoms with Crippen molar-refractivity contribution in [1.29, 1.82) is 0 Å². The summed E-state index contributed by atoms with van der Waals surface area (Å²) in [5, 5.41) is 5.49. The van der Waals surface area contributed by atoms with Gasteiger partial charge >= 0.3 is 6.03 Å². The van der Waals surface area contributed by atoms with Crippen molar-refractivity contribution in [1.82, 2.24) is 14.7 Å². The smallest absolute Gasteiger partial charge is 0.322 e. The Balaban J connectivity index is 1.50. The summed E-state index contributed by atoms with van der Waals surface area (Å²) in [4.78, 5) is 33.7. The van der Waals surface area contributed by atoms with Crippen LogP contribution in [0.2, 0.25) is 5.02 Å². The summed E-state index contributed by atoms with van der Waals surface area (Å²) in [7, 11) is 0. The van der Waals surface area contributed by atoms with Gasteiger partial charge in [-0.15, -0.1) is 11.3 Å². The van der Waals surface area contributed by atoms with E-state index >= 15 is 0 Å². The summed E-state index contributed by atoms with van der Waals surface area (Å²) in [6, 6.07) is 14.8. The largest absolute Gasteiger partial charge is 0.332 e. The molecule has 0 bridgehead atoms. The number of aryl methyl sites for hydroxylation is 1. The minimum absolute atomic E-state index is 0.0567. The molecule has 1 saturated heterocycles. The van der Waals surface area contributed by atoms with Crippen LogP contribution in [0.25, 0.3) is 0 Å². The van der Waals surface area contributed by atoms with E-state index in [4.69, 9.17) is 11.6 Å². The monoisotopic (exact) mass is 542 g/mol. The van der Waals surface area contributed by atoms with Gasteiger partial charge in [-0.1, -0.05) is 23.7 Å². The van der Waals surface area contributed by atoms with Crippen molar-refractivity contribution in [2.45, 2.75) is 32.9 Å². The van der Waals surface area contributed by atoms with Gasteiger partial charge in [0.1, 0.15) is 12.4 Å². The number of nitrogens with one attached hydrogen (secondary N) is 1. The van der Waals surface area contributed by atoms with Crippen LogP contribution in [0, 0.1) is 12.7 Å². The van der Waals surface area contributed by atoms with Crippen LogP contribution in [0.15, 0.2) is 60.0 Å². The maximum atomic E-state index is 13.7. The molecular weight excluding hydrogens is 511 g/mol. The van der Waals surface area contributed by atoms with Gasteiger partial charge in [0, 0.05) is 35.2 Å². The topological polar surface area (TPSA) is 55.9 Å². The second-order valence-corrected chi connectivity index (χ2v) is 10.7. The Morgan fingerprint density at radius 2 is 1.70 bits per heavy atom. The van der Waals surface area contributed by atoms with Crippen molar-refractivity contribution in [3.63, 3.8) is 0 Å². The maximum Gasteiger partial charge on any atom is 0.322 e. The maximum absolute atomic E-state index is 13.7. The number of carbonyl (C=O) groups excluding carboxylic acids is 2. The van der Waals surface area contributed by atoms with Gasteiger partial charge in [0.05, 0.1) is 6.54 Å². The first-order valence-electron chi connectivity index (χ1n) is 12.5. The molecule has 1 fully saturated rings. The van der Waals surface area contributed by atoms with Gasteiger partial charge in [-0.3, -0.25) is 4.79 Å². The molecule has 1 aromatic heterocycles. The van der Waals surface area contributed by atoms with Crippen LogP contribution >= 0.6 is 22.9 Å². The Kier molecular flexibility index (Phi) is 9.55. The summed E-state index contributed by atoms with van der Waals surface area (Å²) < 4.78 is 13.5. The van der Waals surface area contributed by atoms with E-state index in [0.717, 1.165) is 41.9 Å². The van der Waals surface area contributed by atoms with Crippen LogP contribution in [0.3, 0.4) is 0 Å². The van der Waals surface area contributed by atoms with Crippen molar-refractivity contribution in [2.75, 3.05) is 38.0 Å². The van der Waals surface area contributed by atoms with Crippen molar-refractivity contribution in [2.24, 2.45) is 0 Å². The number of hydrogen-bond donors (Lipinski definition) is 1. The normalized spacial score (nSPS) is 13.5. The fourth-order valence-corrected chi connectivity index (χ4v) is 5.35. The summed E-state index contributed by atoms with van der Waals surface area (Å²) in [5.41, 5.74) is 2.57. The highest BCUT2D eigenvalue weighted by atomic mass is 35.5. The standard InChI is InChI=1S/C28H32ClFN4O2S/c1-21-12-17-37-26(21)19-34(18-22-4-8-24(30)9-5-22)27(35)20-33(16-15-32-13-2-3-14-32)28(36)31-25-10-6-23(29)7-11-25/h4-12,17H,2-3,13-16,18-20H2,1H3,(H,31,36). The predicted octanol–water partition coefficient (Wildman–Crippen LogP) is 6.01. The molecule has 37 heavy (non-hydrogen) atoms. The number of nitrogens with zero attached hydrogens (tertiary/aromatic N) is 3. The second-order valence-electron chi connectivity index (χ2n) is 9.31. The fraction of sp³-hybridized carbons (Fsp3) is 0.357. The molecule has 196 valence electrons. The highest BCUT2D eigenvalue weighted by molar-refractivity contribution is 7.10. The third-order valence-electron chi connectivity index (χ3n) is 6.54. The molecule has 1 aliphatic heterocycles. The summed E-state index contributed by atoms with van der Waals surface area (Å²) in [6.45, 7) is 5.89. The number of benzene rings is 2. The minimum atomic E-state index is -0.330. The molecule has 1 aliphatic rings. The molecule has 0 spiro atoms. The van der Waals surface area contributed by atoms with Gasteiger partial charge in [0.2, 0.25) is 5.91 Å². The molecule has 3 aromatic rings. The van der Waals surface area contributed by atoms with Crippen LogP contribution in [0.4, 0.5) is 14.9 Å². The average Bonchev–Trinajstić information content (AvgIpc) is 3.55. The number of halogens is 2. The van der Waals surface area contributed by atoms with Crippen LogP contribution in [-0.4, -0.2) is 59.4 Å². The third-order valence-corrected chi connectivity index (χ3v) is 7.80. The molecule has 0 radical (unpaired) electrons. The molecule has 2 heterocycles. The Bertz CT molecular complexity index is 1180. The van der Waals surface area contributed by atoms with Crippen molar-refractivity contribution in [3.05, 3.63) is 86.8 Å². The SMILES string of the molecule is Cc1ccsc1CN(Cc1ccc(F)cc1)C(=O)CN(CCN1CCCC1)C(=O)Nc1ccc(Cl)cc1. The zero-order chi connectivity index (χ0) is 26.2. The molecule has 4 rings (SSSR count). The summed E-state index contributed by atoms with van der Waals surface area (Å²) in [5.74, 6) is -0.479. The van der Waals surface area contributed by atoms with E-state index in [9.17, 15) is 14.0 Å². The number of likely N-dealkylation sites (tertiary alicyclic amines) is 1. The van der Waals surface area contributed by atoms with Crippen molar-refractivity contribution >= 4 is 40.6 Å². The van der Waals surface area contributed by atoms with Crippen LogP contribution < -0.4 is 5.32 Å². The highest BCUT2D eigenvalue weighted by Gasteiger charge is 2.24. The van der Waals surface area contributed by atoms with Gasteiger partial charge in [0.25, 0.3) is 0 Å². The first-order valence-corrected chi connectivity index (χ1v) is 13.7. The number of carbonyl (C=O) groups is 2. The van der Waals surface area contributed by atoms with Gasteiger partial charge in [0.15, 0.2) is 0 Å². The van der Waals surface area contributed by atoms with E-state index < -0.39 is 0 Å². The summed E-state index contributed by atoms with van der Waals surface area (Å²) in [6.07, 6.45) is 2.31. The summed E-state index contributed by atoms with van der Waals surface area (Å²) >= 11 is 7.58. The Morgan fingerprint density at radius 3 is 2.35 bits per heavy atom. The lowest BCUT2D eigenvalue weighted by Gasteiger charge is -2.29. The molecule has 9 heteroatoms. The quantitative estimate of drug-likeness (QED) is 0.341. The van der Waals surface area contributed by atoms with Crippen LogP contribution in [0.1, 0.15) is 28.8 Å². The van der Waals surface area contributed by atoms with E-state index in [2.05, 4.69) is 10.2 Å². The minimum Gasteiger partial charge on any atom is -0.332 e. The van der Waals surface area contributed by atoms with E-state index in [1.54, 1.807) is 57.5 Å². The van der Waals surface area contributed by atoms with E-state index in [-0.39, 0.29) is 24.3 Å². The van der Waals surface area contributed by atoms with Gasteiger partial charge < -0.3 is 20.0 Å². The Morgan fingerprint density at radius 1 is 1.00 bits per heavy atom. The number of urea groups is 1. The van der Waals surface area contributed by atoms with Gasteiger partial charge in [-0.2, -0.15) is 0 Å². The molecule has 6 nitrogen and oxygen atoms in total. The molecular formula is C28H32ClFN4O2S. The van der Waals surface area contributed by atoms with Crippen molar-refractivity contribution in [3.8, 4) is 0 Å². The first-order chi connectivity index (χ1) is 17.9.